The van der Waals surface area contributed by atoms with Crippen LogP contribution in [-0.2, 0) is 9.57 Å². The lowest BCUT2D eigenvalue weighted by Crippen LogP contribution is -2.10. The Hall–Kier alpha value is -2.67. The Kier molecular flexibility index (Phi) is 5.13. The van der Waals surface area contributed by atoms with Crippen molar-refractivity contribution in [1.29, 1.82) is 0 Å². The first kappa shape index (κ1) is 16.7. The van der Waals surface area contributed by atoms with Crippen LogP contribution in [0.15, 0.2) is 33.9 Å². The lowest BCUT2D eigenvalue weighted by atomic mass is 10.1. The van der Waals surface area contributed by atoms with Gasteiger partial charge in [-0.3, -0.25) is 0 Å². The van der Waals surface area contributed by atoms with Gasteiger partial charge in [0.2, 0.25) is 5.69 Å². The molecule has 0 saturated carbocycles. The van der Waals surface area contributed by atoms with Crippen molar-refractivity contribution in [3.05, 3.63) is 51.9 Å². The van der Waals surface area contributed by atoms with Gasteiger partial charge < -0.3 is 14.1 Å². The molecule has 0 aliphatic heterocycles. The van der Waals surface area contributed by atoms with E-state index in [-0.39, 0.29) is 11.4 Å². The van der Waals surface area contributed by atoms with Crippen LogP contribution < -0.4 is 0 Å². The van der Waals surface area contributed by atoms with Crippen molar-refractivity contribution in [2.24, 2.45) is 5.16 Å². The number of oxime groups is 1. The van der Waals surface area contributed by atoms with E-state index in [9.17, 15) is 9.59 Å². The third-order valence-electron chi connectivity index (χ3n) is 2.95. The number of carbonyl (C=O) groups is 2. The molecule has 2 rings (SSSR count). The minimum absolute atomic E-state index is 0.0335. The Morgan fingerprint density at radius 3 is 2.48 bits per heavy atom. The Morgan fingerprint density at radius 1 is 1.22 bits per heavy atom. The number of aromatic nitrogens is 1. The van der Waals surface area contributed by atoms with Crippen LogP contribution in [0.2, 0.25) is 5.02 Å². The maximum absolute atomic E-state index is 11.9. The molecule has 0 atom stereocenters. The highest BCUT2D eigenvalue weighted by atomic mass is 35.5. The molecule has 8 heteroatoms. The van der Waals surface area contributed by atoms with Crippen molar-refractivity contribution < 1.29 is 23.7 Å². The van der Waals surface area contributed by atoms with E-state index in [1.807, 2.05) is 0 Å². The molecule has 1 heterocycles. The summed E-state index contributed by atoms with van der Waals surface area (Å²) in [5.74, 6) is -0.973. The summed E-state index contributed by atoms with van der Waals surface area (Å²) in [6, 6.07) is 6.16. The Balaban J connectivity index is 2.20. The maximum atomic E-state index is 11.9. The van der Waals surface area contributed by atoms with Gasteiger partial charge in [-0.15, -0.1) is 0 Å². The van der Waals surface area contributed by atoms with Crippen molar-refractivity contribution in [3.8, 4) is 0 Å². The number of halogens is 1. The monoisotopic (exact) mass is 336 g/mol. The van der Waals surface area contributed by atoms with Gasteiger partial charge in [0.1, 0.15) is 5.76 Å². The summed E-state index contributed by atoms with van der Waals surface area (Å²) < 4.78 is 9.57. The Labute approximate surface area is 136 Å². The van der Waals surface area contributed by atoms with Crippen molar-refractivity contribution in [2.75, 3.05) is 7.11 Å². The number of carbonyl (C=O) groups excluding carboxylic acids is 2. The fraction of sp³-hybridized carbons (Fsp3) is 0.200. The van der Waals surface area contributed by atoms with Crippen LogP contribution in [0.1, 0.15) is 39.1 Å². The molecule has 0 bridgehead atoms. The van der Waals surface area contributed by atoms with Gasteiger partial charge in [-0.25, -0.2) is 9.59 Å². The highest BCUT2D eigenvalue weighted by Gasteiger charge is 2.23. The van der Waals surface area contributed by atoms with Crippen molar-refractivity contribution >= 4 is 29.3 Å². The largest absolute Gasteiger partial charge is 0.464 e. The van der Waals surface area contributed by atoms with E-state index in [0.29, 0.717) is 21.9 Å². The van der Waals surface area contributed by atoms with Gasteiger partial charge >= 0.3 is 11.9 Å². The van der Waals surface area contributed by atoms with Crippen LogP contribution >= 0.6 is 11.6 Å². The van der Waals surface area contributed by atoms with Crippen LogP contribution in [0.4, 0.5) is 0 Å². The van der Waals surface area contributed by atoms with E-state index in [0.717, 1.165) is 0 Å². The van der Waals surface area contributed by atoms with Crippen molar-refractivity contribution in [3.63, 3.8) is 0 Å². The zero-order valence-electron chi connectivity index (χ0n) is 12.6. The van der Waals surface area contributed by atoms with Gasteiger partial charge in [-0.2, -0.15) is 0 Å². The second-order valence-corrected chi connectivity index (χ2v) is 4.95. The molecule has 0 fully saturated rings. The number of ether oxygens (including phenoxy) is 1. The maximum Gasteiger partial charge on any atom is 0.365 e. The minimum Gasteiger partial charge on any atom is -0.464 e. The number of rotatable bonds is 4. The highest BCUT2D eigenvalue weighted by Crippen LogP contribution is 2.16. The number of hydrogen-bond acceptors (Lipinski definition) is 7. The Bertz CT molecular complexity index is 765. The topological polar surface area (TPSA) is 91.0 Å². The fourth-order valence-electron chi connectivity index (χ4n) is 1.83. The number of nitrogens with zero attached hydrogens (tertiary/aromatic N) is 2. The lowest BCUT2D eigenvalue weighted by Gasteiger charge is -2.02. The molecule has 0 unspecified atom stereocenters. The molecule has 0 aliphatic carbocycles. The quantitative estimate of drug-likeness (QED) is 0.369. The molecular formula is C15H13ClN2O5. The van der Waals surface area contributed by atoms with Gasteiger partial charge in [0.25, 0.3) is 0 Å². The van der Waals surface area contributed by atoms with E-state index in [4.69, 9.17) is 21.0 Å². The first-order chi connectivity index (χ1) is 10.9. The summed E-state index contributed by atoms with van der Waals surface area (Å²) in [6.45, 7) is 3.16. The molecule has 0 amide bonds. The van der Waals surface area contributed by atoms with Crippen LogP contribution in [0.5, 0.6) is 0 Å². The van der Waals surface area contributed by atoms with E-state index in [1.54, 1.807) is 26.0 Å². The van der Waals surface area contributed by atoms with Crippen LogP contribution in [0.3, 0.4) is 0 Å². The number of esters is 1. The van der Waals surface area contributed by atoms with Gasteiger partial charge in [0.05, 0.1) is 23.9 Å². The van der Waals surface area contributed by atoms with Crippen molar-refractivity contribution in [2.45, 2.75) is 13.8 Å². The zero-order chi connectivity index (χ0) is 17.0. The first-order valence-electron chi connectivity index (χ1n) is 6.50. The Morgan fingerprint density at radius 2 is 1.87 bits per heavy atom. The number of methoxy groups -OCH3 is 1. The highest BCUT2D eigenvalue weighted by molar-refractivity contribution is 6.30. The lowest BCUT2D eigenvalue weighted by molar-refractivity contribution is 0.0516. The molecule has 0 spiro atoms. The van der Waals surface area contributed by atoms with Crippen LogP contribution in [0, 0.1) is 6.92 Å². The van der Waals surface area contributed by atoms with Gasteiger partial charge in [-0.05, 0) is 38.1 Å². The molecule has 0 aliphatic rings. The van der Waals surface area contributed by atoms with E-state index in [1.165, 1.54) is 19.2 Å². The van der Waals surface area contributed by atoms with Crippen LogP contribution in [-0.4, -0.2) is 29.9 Å². The van der Waals surface area contributed by atoms with Gasteiger partial charge in [-0.1, -0.05) is 21.9 Å². The average molecular weight is 337 g/mol. The van der Waals surface area contributed by atoms with E-state index < -0.39 is 11.9 Å². The molecule has 0 N–H and O–H groups in total. The molecular weight excluding hydrogens is 324 g/mol. The second kappa shape index (κ2) is 7.06. The molecule has 1 aromatic heterocycles. The second-order valence-electron chi connectivity index (χ2n) is 4.52. The average Bonchev–Trinajstić information content (AvgIpc) is 2.94. The number of aryl methyl sites for hydroxylation is 1. The number of hydrogen-bond donors (Lipinski definition) is 0. The minimum atomic E-state index is -0.671. The first-order valence-corrected chi connectivity index (χ1v) is 6.88. The number of benzene rings is 1. The standard InChI is InChI=1S/C15H13ClN2O5/c1-8(12-9(2)22-18-13(12)15(20)21-3)17-23-14(19)10-4-6-11(16)7-5-10/h4-7H,1-3H3/b17-8-. The molecule has 2 aromatic rings. The molecule has 120 valence electrons. The molecule has 0 radical (unpaired) electrons. The summed E-state index contributed by atoms with van der Waals surface area (Å²) in [5, 5.41) is 7.85. The van der Waals surface area contributed by atoms with E-state index >= 15 is 0 Å². The van der Waals surface area contributed by atoms with Gasteiger partial charge in [0, 0.05) is 5.02 Å². The molecule has 0 saturated heterocycles. The smallest absolute Gasteiger partial charge is 0.365 e. The van der Waals surface area contributed by atoms with Gasteiger partial charge in [0.15, 0.2) is 0 Å². The fourth-order valence-corrected chi connectivity index (χ4v) is 1.95. The van der Waals surface area contributed by atoms with Crippen molar-refractivity contribution in [1.82, 2.24) is 5.16 Å². The third kappa shape index (κ3) is 3.75. The third-order valence-corrected chi connectivity index (χ3v) is 3.20. The predicted octanol–water partition coefficient (Wildman–Crippen LogP) is 3.00. The van der Waals surface area contributed by atoms with Crippen LogP contribution in [0.25, 0.3) is 0 Å². The summed E-state index contributed by atoms with van der Waals surface area (Å²) in [4.78, 5) is 28.4. The normalized spacial score (nSPS) is 11.2. The molecule has 1 aromatic carbocycles. The molecule has 7 nitrogen and oxygen atoms in total. The molecule has 23 heavy (non-hydrogen) atoms. The summed E-state index contributed by atoms with van der Waals surface area (Å²) in [6.07, 6.45) is 0. The zero-order valence-corrected chi connectivity index (χ0v) is 13.4. The SMILES string of the molecule is COC(=O)c1noc(C)c1/C(C)=N\OC(=O)c1ccc(Cl)cc1. The summed E-state index contributed by atoms with van der Waals surface area (Å²) >= 11 is 5.75. The summed E-state index contributed by atoms with van der Waals surface area (Å²) in [5.41, 5.74) is 0.835. The summed E-state index contributed by atoms with van der Waals surface area (Å²) in [7, 11) is 1.23. The predicted molar refractivity (Wildman–Crippen MR) is 81.7 cm³/mol. The van der Waals surface area contributed by atoms with E-state index in [2.05, 4.69) is 15.0 Å².